The molecule has 0 saturated heterocycles. The molecule has 2 radical (unpaired) electrons. The van der Waals surface area contributed by atoms with Crippen LogP contribution in [0.1, 0.15) is 59.3 Å². The van der Waals surface area contributed by atoms with Crippen molar-refractivity contribution in [2.45, 2.75) is 64.2 Å². The molecule has 0 aliphatic heterocycles. The van der Waals surface area contributed by atoms with Crippen molar-refractivity contribution in [1.29, 1.82) is 0 Å². The van der Waals surface area contributed by atoms with E-state index in [1.807, 2.05) is 0 Å². The minimum atomic E-state index is 0. The van der Waals surface area contributed by atoms with E-state index in [2.05, 4.69) is 20.8 Å². The molecule has 0 heterocycles. The molecule has 0 nitrogen and oxygen atoms in total. The third-order valence-electron chi connectivity index (χ3n) is 2.10. The fourth-order valence-electron chi connectivity index (χ4n) is 1.22. The van der Waals surface area contributed by atoms with Gasteiger partial charge in [0.1, 0.15) is 0 Å². The second-order valence-corrected chi connectivity index (χ2v) is 4.53. The van der Waals surface area contributed by atoms with E-state index in [4.69, 9.17) is 11.6 Å². The van der Waals surface area contributed by atoms with Gasteiger partial charge in [0.2, 0.25) is 0 Å². The molecule has 0 aromatic carbocycles. The van der Waals surface area contributed by atoms with Crippen molar-refractivity contribution in [2.24, 2.45) is 0 Å². The summed E-state index contributed by atoms with van der Waals surface area (Å²) < 4.78 is 0. The Morgan fingerprint density at radius 2 is 1.33 bits per heavy atom. The van der Waals surface area contributed by atoms with Crippen LogP contribution in [-0.4, -0.2) is 28.8 Å². The molecule has 0 aliphatic carbocycles. The van der Waals surface area contributed by atoms with E-state index >= 15 is 0 Å². The Balaban J connectivity index is 0. The molecule has 0 bridgehead atoms. The summed E-state index contributed by atoms with van der Waals surface area (Å²) >= 11 is 6.29. The first kappa shape index (κ1) is 15.6. The summed E-state index contributed by atoms with van der Waals surface area (Å²) in [5.41, 5.74) is 0. The van der Waals surface area contributed by atoms with E-state index in [0.29, 0.717) is 0 Å². The van der Waals surface area contributed by atoms with Crippen molar-refractivity contribution >= 4 is 35.5 Å². The molecule has 0 aliphatic rings. The number of rotatable bonds is 6. The van der Waals surface area contributed by atoms with Crippen LogP contribution in [0.3, 0.4) is 0 Å². The van der Waals surface area contributed by atoms with E-state index in [1.165, 1.54) is 38.5 Å². The topological polar surface area (TPSA) is 0 Å². The molecular formula is C10H23ClSn. The van der Waals surface area contributed by atoms with Gasteiger partial charge >= 0.3 is 23.9 Å². The number of hydrogen-bond acceptors (Lipinski definition) is 0. The molecule has 74 valence electrons. The molecule has 0 aromatic heterocycles. The molecule has 2 heteroatoms. The predicted octanol–water partition coefficient (Wildman–Crippen LogP) is 3.45. The van der Waals surface area contributed by atoms with E-state index < -0.39 is 0 Å². The average Bonchev–Trinajstić information content (AvgIpc) is 1.97. The molecule has 12 heavy (non-hydrogen) atoms. The van der Waals surface area contributed by atoms with Gasteiger partial charge in [0.15, 0.2) is 0 Å². The average molecular weight is 297 g/mol. The van der Waals surface area contributed by atoms with Crippen molar-refractivity contribution in [1.82, 2.24) is 0 Å². The molecular weight excluding hydrogens is 274 g/mol. The van der Waals surface area contributed by atoms with Gasteiger partial charge in [-0.25, -0.2) is 0 Å². The molecule has 0 fully saturated rings. The van der Waals surface area contributed by atoms with Gasteiger partial charge in [0.25, 0.3) is 0 Å². The van der Waals surface area contributed by atoms with E-state index in [1.54, 1.807) is 0 Å². The van der Waals surface area contributed by atoms with Gasteiger partial charge in [0, 0.05) is 4.87 Å². The van der Waals surface area contributed by atoms with Gasteiger partial charge in [-0.15, -0.1) is 11.6 Å². The summed E-state index contributed by atoms with van der Waals surface area (Å²) in [4.78, 5) is 0.0754. The quantitative estimate of drug-likeness (QED) is 0.520. The van der Waals surface area contributed by atoms with Crippen LogP contribution in [0.25, 0.3) is 0 Å². The fourth-order valence-corrected chi connectivity index (χ4v) is 1.48. The standard InChI is InChI=1S/C10H21Cl.Sn.2H/c1-4-6-8-10(3,11)9-7-5-2;;;/h4-9H2,1-3H3;;;. The van der Waals surface area contributed by atoms with Gasteiger partial charge in [-0.3, -0.25) is 0 Å². The van der Waals surface area contributed by atoms with Crippen LogP contribution in [0, 0.1) is 0 Å². The van der Waals surface area contributed by atoms with Crippen molar-refractivity contribution in [3.05, 3.63) is 0 Å². The van der Waals surface area contributed by atoms with E-state index in [9.17, 15) is 0 Å². The van der Waals surface area contributed by atoms with Crippen molar-refractivity contribution in [2.75, 3.05) is 0 Å². The second-order valence-electron chi connectivity index (χ2n) is 3.62. The Bertz CT molecular complexity index is 81.8. The van der Waals surface area contributed by atoms with Crippen LogP contribution in [-0.2, 0) is 0 Å². The van der Waals surface area contributed by atoms with Gasteiger partial charge in [0.05, 0.1) is 0 Å². The van der Waals surface area contributed by atoms with Crippen LogP contribution < -0.4 is 0 Å². The molecule has 0 N–H and O–H groups in total. The third kappa shape index (κ3) is 9.18. The van der Waals surface area contributed by atoms with Crippen molar-refractivity contribution in [3.8, 4) is 0 Å². The molecule has 0 saturated carbocycles. The van der Waals surface area contributed by atoms with Crippen LogP contribution in [0.5, 0.6) is 0 Å². The Hall–Kier alpha value is 1.09. The number of unbranched alkanes of at least 4 members (excludes halogenated alkanes) is 2. The van der Waals surface area contributed by atoms with Crippen LogP contribution in [0.2, 0.25) is 0 Å². The summed E-state index contributed by atoms with van der Waals surface area (Å²) in [6.45, 7) is 6.60. The first-order valence-corrected chi connectivity index (χ1v) is 5.19. The maximum atomic E-state index is 6.29. The van der Waals surface area contributed by atoms with Gasteiger partial charge in [-0.1, -0.05) is 39.5 Å². The first-order chi connectivity index (χ1) is 5.12. The molecule has 0 spiro atoms. The van der Waals surface area contributed by atoms with Gasteiger partial charge in [-0.2, -0.15) is 0 Å². The fraction of sp³-hybridized carbons (Fsp3) is 1.00. The SMILES string of the molecule is CCCCC(C)(Cl)CCCC.[SnH2]. The Morgan fingerprint density at radius 3 is 1.58 bits per heavy atom. The Kier molecular flexibility index (Phi) is 11.2. The molecule has 0 aromatic rings. The van der Waals surface area contributed by atoms with Crippen LogP contribution >= 0.6 is 11.6 Å². The Morgan fingerprint density at radius 1 is 1.00 bits per heavy atom. The molecule has 0 unspecified atom stereocenters. The summed E-state index contributed by atoms with van der Waals surface area (Å²) in [7, 11) is 0. The van der Waals surface area contributed by atoms with E-state index in [-0.39, 0.29) is 28.8 Å². The number of hydrogen-bond donors (Lipinski definition) is 0. The van der Waals surface area contributed by atoms with Crippen LogP contribution in [0.4, 0.5) is 0 Å². The maximum absolute atomic E-state index is 6.29. The first-order valence-electron chi connectivity index (χ1n) is 4.81. The predicted molar refractivity (Wildman–Crippen MR) is 61.9 cm³/mol. The molecule has 0 amide bonds. The van der Waals surface area contributed by atoms with Gasteiger partial charge in [-0.05, 0) is 19.8 Å². The van der Waals surface area contributed by atoms with Crippen molar-refractivity contribution < 1.29 is 0 Å². The zero-order valence-electron chi connectivity index (χ0n) is 8.83. The normalized spacial score (nSPS) is 11.0. The Labute approximate surface area is 99.4 Å². The third-order valence-corrected chi connectivity index (χ3v) is 2.48. The summed E-state index contributed by atoms with van der Waals surface area (Å²) in [5.74, 6) is 0. The van der Waals surface area contributed by atoms with E-state index in [0.717, 1.165) is 0 Å². The number of halogens is 1. The number of alkyl halides is 1. The summed E-state index contributed by atoms with van der Waals surface area (Å²) in [6.07, 6.45) is 7.40. The zero-order chi connectivity index (χ0) is 8.74. The summed E-state index contributed by atoms with van der Waals surface area (Å²) in [5, 5.41) is 0. The molecule has 0 atom stereocenters. The minimum absolute atomic E-state index is 0. The molecule has 0 rings (SSSR count). The van der Waals surface area contributed by atoms with Gasteiger partial charge < -0.3 is 0 Å². The van der Waals surface area contributed by atoms with Crippen molar-refractivity contribution in [3.63, 3.8) is 0 Å². The zero-order valence-corrected chi connectivity index (χ0v) is 13.6. The monoisotopic (exact) mass is 298 g/mol. The summed E-state index contributed by atoms with van der Waals surface area (Å²) in [6, 6.07) is 0. The van der Waals surface area contributed by atoms with Crippen LogP contribution in [0.15, 0.2) is 0 Å². The second kappa shape index (κ2) is 8.68.